The van der Waals surface area contributed by atoms with Gasteiger partial charge in [-0.05, 0) is 40.5 Å². The normalized spacial score (nSPS) is 27.4. The molecule has 2 saturated heterocycles. The molecule has 2 fully saturated rings. The Morgan fingerprint density at radius 3 is 2.31 bits per heavy atom. The summed E-state index contributed by atoms with van der Waals surface area (Å²) in [5.74, 6) is 0.777. The van der Waals surface area contributed by atoms with Gasteiger partial charge in [-0.1, -0.05) is 20.8 Å². The lowest BCUT2D eigenvalue weighted by Crippen LogP contribution is -2.72. The maximum absolute atomic E-state index is 12.4. The molecular formula is C19H35N5O2. The minimum Gasteiger partial charge on any atom is -0.356 e. The van der Waals surface area contributed by atoms with Crippen molar-refractivity contribution in [3.05, 3.63) is 0 Å². The minimum absolute atomic E-state index is 0.0434. The average Bonchev–Trinajstić information content (AvgIpc) is 2.79. The van der Waals surface area contributed by atoms with Crippen LogP contribution in [0.15, 0.2) is 4.99 Å². The Bertz CT molecular complexity index is 599. The molecule has 3 amide bonds. The van der Waals surface area contributed by atoms with Gasteiger partial charge in [-0.3, -0.25) is 14.7 Å². The van der Waals surface area contributed by atoms with Crippen LogP contribution in [-0.2, 0) is 4.79 Å². The van der Waals surface area contributed by atoms with Crippen LogP contribution >= 0.6 is 0 Å². The Balaban J connectivity index is 1.94. The van der Waals surface area contributed by atoms with Crippen LogP contribution < -0.4 is 10.6 Å². The zero-order valence-corrected chi connectivity index (χ0v) is 17.4. The van der Waals surface area contributed by atoms with E-state index in [1.54, 1.807) is 6.92 Å². The Hall–Kier alpha value is -1.79. The lowest BCUT2D eigenvalue weighted by Gasteiger charge is -2.62. The van der Waals surface area contributed by atoms with Crippen molar-refractivity contribution in [3.8, 4) is 0 Å². The number of carbonyl (C=O) groups excluding carboxylic acids is 2. The van der Waals surface area contributed by atoms with Crippen molar-refractivity contribution < 1.29 is 9.59 Å². The van der Waals surface area contributed by atoms with Gasteiger partial charge in [-0.25, -0.2) is 4.79 Å². The first-order valence-corrected chi connectivity index (χ1v) is 9.70. The number of rotatable bonds is 6. The molecule has 0 aromatic rings. The molecule has 0 aliphatic carbocycles. The third-order valence-corrected chi connectivity index (χ3v) is 6.33. The number of amides is 3. The fraction of sp³-hybridized carbons (Fsp3) is 0.842. The highest BCUT2D eigenvalue weighted by Crippen LogP contribution is 2.46. The summed E-state index contributed by atoms with van der Waals surface area (Å²) in [5.41, 5.74) is -0.474. The van der Waals surface area contributed by atoms with Crippen molar-refractivity contribution in [2.75, 3.05) is 26.2 Å². The smallest absolute Gasteiger partial charge is 0.325 e. The number of hydrogen-bond acceptors (Lipinski definition) is 3. The molecule has 7 heteroatoms. The number of urea groups is 1. The Labute approximate surface area is 157 Å². The van der Waals surface area contributed by atoms with E-state index in [0.29, 0.717) is 25.9 Å². The number of nitrogens with one attached hydrogen (secondary N) is 2. The molecule has 0 saturated carbocycles. The van der Waals surface area contributed by atoms with Crippen LogP contribution in [0, 0.1) is 5.41 Å². The number of hydrogen-bond donors (Lipinski definition) is 2. The van der Waals surface area contributed by atoms with Gasteiger partial charge < -0.3 is 15.5 Å². The first kappa shape index (κ1) is 20.5. The predicted molar refractivity (Wildman–Crippen MR) is 104 cm³/mol. The molecule has 7 nitrogen and oxygen atoms in total. The molecule has 26 heavy (non-hydrogen) atoms. The van der Waals surface area contributed by atoms with E-state index in [1.165, 1.54) is 4.90 Å². The summed E-state index contributed by atoms with van der Waals surface area (Å²) in [6.07, 6.45) is 1.25. The average molecular weight is 366 g/mol. The van der Waals surface area contributed by atoms with Gasteiger partial charge in [0, 0.05) is 37.1 Å². The van der Waals surface area contributed by atoms with E-state index < -0.39 is 5.54 Å². The number of carbonyl (C=O) groups is 2. The molecule has 0 aromatic heterocycles. The number of imide groups is 1. The molecule has 2 aliphatic rings. The van der Waals surface area contributed by atoms with Crippen LogP contribution in [0.1, 0.15) is 61.3 Å². The summed E-state index contributed by atoms with van der Waals surface area (Å²) in [7, 11) is 0. The van der Waals surface area contributed by atoms with Gasteiger partial charge >= 0.3 is 6.03 Å². The van der Waals surface area contributed by atoms with Gasteiger partial charge in [0.15, 0.2) is 5.96 Å². The summed E-state index contributed by atoms with van der Waals surface area (Å²) in [6, 6.07) is -0.291. The summed E-state index contributed by atoms with van der Waals surface area (Å²) in [5, 5.41) is 6.15. The maximum Gasteiger partial charge on any atom is 0.325 e. The van der Waals surface area contributed by atoms with Crippen LogP contribution in [0.4, 0.5) is 4.79 Å². The second kappa shape index (κ2) is 7.08. The van der Waals surface area contributed by atoms with Crippen molar-refractivity contribution in [1.29, 1.82) is 0 Å². The molecule has 2 heterocycles. The van der Waals surface area contributed by atoms with Gasteiger partial charge in [0.25, 0.3) is 5.91 Å². The van der Waals surface area contributed by atoms with Crippen LogP contribution in [0.25, 0.3) is 0 Å². The molecule has 0 bridgehead atoms. The largest absolute Gasteiger partial charge is 0.356 e. The van der Waals surface area contributed by atoms with E-state index >= 15 is 0 Å². The molecule has 148 valence electrons. The lowest BCUT2D eigenvalue weighted by molar-refractivity contribution is -0.130. The number of nitrogens with zero attached hydrogens (tertiary/aromatic N) is 3. The van der Waals surface area contributed by atoms with Crippen molar-refractivity contribution in [3.63, 3.8) is 0 Å². The van der Waals surface area contributed by atoms with Gasteiger partial charge in [-0.2, -0.15) is 0 Å². The zero-order chi connectivity index (χ0) is 19.8. The first-order valence-electron chi connectivity index (χ1n) is 9.70. The second-order valence-electron chi connectivity index (χ2n) is 8.69. The molecule has 0 spiro atoms. The van der Waals surface area contributed by atoms with Crippen LogP contribution in [0.2, 0.25) is 0 Å². The fourth-order valence-electron chi connectivity index (χ4n) is 3.40. The van der Waals surface area contributed by atoms with E-state index in [9.17, 15) is 9.59 Å². The molecule has 2 N–H and O–H groups in total. The minimum atomic E-state index is -0.761. The molecule has 0 radical (unpaired) electrons. The van der Waals surface area contributed by atoms with E-state index in [2.05, 4.69) is 50.2 Å². The number of aliphatic imine (C=N–C) groups is 1. The highest BCUT2D eigenvalue weighted by Gasteiger charge is 2.53. The summed E-state index contributed by atoms with van der Waals surface area (Å²) >= 11 is 0. The van der Waals surface area contributed by atoms with E-state index in [-0.39, 0.29) is 22.9 Å². The Morgan fingerprint density at radius 2 is 1.85 bits per heavy atom. The molecule has 1 atom stereocenters. The van der Waals surface area contributed by atoms with Crippen molar-refractivity contribution in [2.45, 2.75) is 72.4 Å². The van der Waals surface area contributed by atoms with Crippen molar-refractivity contribution in [2.24, 2.45) is 10.4 Å². The van der Waals surface area contributed by atoms with Crippen LogP contribution in [-0.4, -0.2) is 65.0 Å². The standard InChI is InChI=1S/C19H35N5O2/c1-8-19(7)14(25)23(16(26)22-19)12-10-11-21-15(20-9-2)24-13-17(3,4)18(24,5)6/h8-13H2,1-7H3,(H,20,21)(H,22,26). The molecule has 0 aromatic carbocycles. The molecule has 1 unspecified atom stereocenters. The molecule has 2 rings (SSSR count). The zero-order valence-electron chi connectivity index (χ0n) is 17.4. The summed E-state index contributed by atoms with van der Waals surface area (Å²) < 4.78 is 0. The quantitative estimate of drug-likeness (QED) is 0.327. The molecular weight excluding hydrogens is 330 g/mol. The SMILES string of the molecule is CCNC(=NCCCN1C(=O)NC(C)(CC)C1=O)N1CC(C)(C)C1(C)C. The maximum atomic E-state index is 12.4. The monoisotopic (exact) mass is 365 g/mol. The van der Waals surface area contributed by atoms with Gasteiger partial charge in [0.05, 0.1) is 0 Å². The van der Waals surface area contributed by atoms with Gasteiger partial charge in [0.1, 0.15) is 5.54 Å². The third-order valence-electron chi connectivity index (χ3n) is 6.33. The van der Waals surface area contributed by atoms with E-state index in [1.807, 2.05) is 6.92 Å². The van der Waals surface area contributed by atoms with Crippen molar-refractivity contribution in [1.82, 2.24) is 20.4 Å². The van der Waals surface area contributed by atoms with Crippen molar-refractivity contribution >= 4 is 17.9 Å². The number of guanidine groups is 1. The Morgan fingerprint density at radius 1 is 1.19 bits per heavy atom. The number of likely N-dealkylation sites (tertiary alicyclic amines) is 1. The summed E-state index contributed by atoms with van der Waals surface area (Å²) in [6.45, 7) is 17.5. The lowest BCUT2D eigenvalue weighted by atomic mass is 9.65. The van der Waals surface area contributed by atoms with Gasteiger partial charge in [-0.15, -0.1) is 0 Å². The summed E-state index contributed by atoms with van der Waals surface area (Å²) in [4.78, 5) is 32.8. The van der Waals surface area contributed by atoms with Gasteiger partial charge in [0.2, 0.25) is 0 Å². The van der Waals surface area contributed by atoms with Crippen LogP contribution in [0.3, 0.4) is 0 Å². The molecule has 2 aliphatic heterocycles. The van der Waals surface area contributed by atoms with Crippen LogP contribution in [0.5, 0.6) is 0 Å². The predicted octanol–water partition coefficient (Wildman–Crippen LogP) is 2.18. The topological polar surface area (TPSA) is 77.0 Å². The van der Waals surface area contributed by atoms with E-state index in [4.69, 9.17) is 4.99 Å². The van der Waals surface area contributed by atoms with E-state index in [0.717, 1.165) is 19.0 Å². The highest BCUT2D eigenvalue weighted by atomic mass is 16.2. The second-order valence-corrected chi connectivity index (χ2v) is 8.69. The fourth-order valence-corrected chi connectivity index (χ4v) is 3.40. The highest BCUT2D eigenvalue weighted by molar-refractivity contribution is 6.06. The Kier molecular flexibility index (Phi) is 5.59. The third kappa shape index (κ3) is 3.40. The first-order chi connectivity index (χ1) is 12.0.